The third kappa shape index (κ3) is 3.99. The van der Waals surface area contributed by atoms with E-state index in [2.05, 4.69) is 10.2 Å². The summed E-state index contributed by atoms with van der Waals surface area (Å²) in [6.45, 7) is 5.09. The van der Waals surface area contributed by atoms with E-state index in [9.17, 15) is 4.79 Å². The number of hydrogen-bond acceptors (Lipinski definition) is 6. The third-order valence-corrected chi connectivity index (χ3v) is 5.13. The number of rotatable bonds is 7. The van der Waals surface area contributed by atoms with E-state index in [1.807, 2.05) is 12.1 Å². The summed E-state index contributed by atoms with van der Waals surface area (Å²) in [5.74, 6) is 0.963. The van der Waals surface area contributed by atoms with Gasteiger partial charge in [-0.25, -0.2) is 0 Å². The minimum atomic E-state index is -0.541. The Labute approximate surface area is 148 Å². The first-order valence-electron chi connectivity index (χ1n) is 8.64. The second-order valence-corrected chi connectivity index (χ2v) is 6.97. The van der Waals surface area contributed by atoms with Gasteiger partial charge in [-0.1, -0.05) is 0 Å². The molecule has 25 heavy (non-hydrogen) atoms. The maximum Gasteiger partial charge on any atom is 0.255 e. The van der Waals surface area contributed by atoms with Crippen LogP contribution in [0.2, 0.25) is 0 Å². The Morgan fingerprint density at radius 3 is 2.56 bits per heavy atom. The van der Waals surface area contributed by atoms with E-state index in [1.54, 1.807) is 14.2 Å². The van der Waals surface area contributed by atoms with Crippen molar-refractivity contribution in [3.63, 3.8) is 0 Å². The number of nitrogens with one attached hydrogen (secondary N) is 1. The van der Waals surface area contributed by atoms with Gasteiger partial charge in [-0.15, -0.1) is 0 Å². The van der Waals surface area contributed by atoms with Gasteiger partial charge in [-0.3, -0.25) is 9.69 Å². The standard InChI is InChI=1S/C18H27N3O4/c1-23-14-7-13(8-15(24-2)17(14)25-10-16(19)22)9-21-6-4-18(12-21)3-5-20-11-18/h7-8,20H,3-6,9-12H2,1-2H3,(H2,19,22). The number of carbonyl (C=O) groups excluding carboxylic acids is 1. The summed E-state index contributed by atoms with van der Waals surface area (Å²) in [4.78, 5) is 13.5. The zero-order valence-corrected chi connectivity index (χ0v) is 15.0. The average molecular weight is 349 g/mol. The van der Waals surface area contributed by atoms with Gasteiger partial charge < -0.3 is 25.3 Å². The molecule has 1 aromatic carbocycles. The smallest absolute Gasteiger partial charge is 0.255 e. The summed E-state index contributed by atoms with van der Waals surface area (Å²) in [7, 11) is 3.15. The molecule has 0 aromatic heterocycles. The number of nitrogens with two attached hydrogens (primary N) is 1. The highest BCUT2D eigenvalue weighted by Crippen LogP contribution is 2.40. The van der Waals surface area contributed by atoms with Crippen LogP contribution in [0.4, 0.5) is 0 Å². The van der Waals surface area contributed by atoms with Crippen molar-refractivity contribution in [3.05, 3.63) is 17.7 Å². The van der Waals surface area contributed by atoms with Crippen LogP contribution < -0.4 is 25.3 Å². The van der Waals surface area contributed by atoms with Crippen molar-refractivity contribution in [1.82, 2.24) is 10.2 Å². The van der Waals surface area contributed by atoms with Crippen LogP contribution in [0.3, 0.4) is 0 Å². The minimum absolute atomic E-state index is 0.215. The van der Waals surface area contributed by atoms with E-state index < -0.39 is 5.91 Å². The summed E-state index contributed by atoms with van der Waals surface area (Å²) in [6.07, 6.45) is 2.50. The number of methoxy groups -OCH3 is 2. The van der Waals surface area contributed by atoms with Crippen molar-refractivity contribution in [2.75, 3.05) is 47.0 Å². The predicted octanol–water partition coefficient (Wildman–Crippen LogP) is 0.753. The highest BCUT2D eigenvalue weighted by atomic mass is 16.5. The normalized spacial score (nSPS) is 23.1. The average Bonchev–Trinajstić information content (AvgIpc) is 3.22. The Bertz CT molecular complexity index is 604. The SMILES string of the molecule is COc1cc(CN2CCC3(CCNC3)C2)cc(OC)c1OCC(N)=O. The first-order valence-corrected chi connectivity index (χ1v) is 8.64. The Hall–Kier alpha value is -1.99. The van der Waals surface area contributed by atoms with Crippen LogP contribution in [0.25, 0.3) is 0 Å². The van der Waals surface area contributed by atoms with Crippen molar-refractivity contribution in [2.24, 2.45) is 11.1 Å². The van der Waals surface area contributed by atoms with Gasteiger partial charge in [-0.05, 0) is 49.0 Å². The summed E-state index contributed by atoms with van der Waals surface area (Å²) in [5, 5.41) is 3.49. The van der Waals surface area contributed by atoms with E-state index >= 15 is 0 Å². The molecule has 1 atom stereocenters. The van der Waals surface area contributed by atoms with E-state index in [4.69, 9.17) is 19.9 Å². The summed E-state index contributed by atoms with van der Waals surface area (Å²) in [6, 6.07) is 3.88. The molecule has 0 bridgehead atoms. The molecule has 1 amide bonds. The van der Waals surface area contributed by atoms with Crippen molar-refractivity contribution in [3.8, 4) is 17.2 Å². The first-order chi connectivity index (χ1) is 12.0. The van der Waals surface area contributed by atoms with Crippen molar-refractivity contribution >= 4 is 5.91 Å². The van der Waals surface area contributed by atoms with Gasteiger partial charge in [0.05, 0.1) is 14.2 Å². The zero-order valence-electron chi connectivity index (χ0n) is 15.0. The summed E-state index contributed by atoms with van der Waals surface area (Å²) in [5.41, 5.74) is 6.70. The maximum atomic E-state index is 11.0. The molecule has 3 N–H and O–H groups in total. The minimum Gasteiger partial charge on any atom is -0.493 e. The predicted molar refractivity (Wildman–Crippen MR) is 94.0 cm³/mol. The molecular weight excluding hydrogens is 322 g/mol. The van der Waals surface area contributed by atoms with Gasteiger partial charge in [0.2, 0.25) is 5.75 Å². The number of carbonyl (C=O) groups is 1. The van der Waals surface area contributed by atoms with Crippen LogP contribution in [0.5, 0.6) is 17.2 Å². The van der Waals surface area contributed by atoms with Gasteiger partial charge >= 0.3 is 0 Å². The monoisotopic (exact) mass is 349 g/mol. The second-order valence-electron chi connectivity index (χ2n) is 6.97. The fourth-order valence-corrected chi connectivity index (χ4v) is 3.88. The molecule has 2 aliphatic rings. The lowest BCUT2D eigenvalue weighted by Crippen LogP contribution is -2.29. The fourth-order valence-electron chi connectivity index (χ4n) is 3.88. The quantitative estimate of drug-likeness (QED) is 0.756. The van der Waals surface area contributed by atoms with Crippen LogP contribution in [0.1, 0.15) is 18.4 Å². The Morgan fingerprint density at radius 1 is 1.28 bits per heavy atom. The molecule has 3 rings (SSSR count). The molecule has 1 aromatic rings. The van der Waals surface area contributed by atoms with E-state index in [0.29, 0.717) is 22.7 Å². The molecule has 7 nitrogen and oxygen atoms in total. The summed E-state index contributed by atoms with van der Waals surface area (Å²) < 4.78 is 16.3. The van der Waals surface area contributed by atoms with Gasteiger partial charge in [0.25, 0.3) is 5.91 Å². The molecule has 2 saturated heterocycles. The van der Waals surface area contributed by atoms with Gasteiger partial charge in [0.15, 0.2) is 18.1 Å². The largest absolute Gasteiger partial charge is 0.493 e. The number of nitrogens with zero attached hydrogens (tertiary/aromatic N) is 1. The van der Waals surface area contributed by atoms with Gasteiger partial charge in [-0.2, -0.15) is 0 Å². The van der Waals surface area contributed by atoms with Crippen LogP contribution >= 0.6 is 0 Å². The number of likely N-dealkylation sites (tertiary alicyclic amines) is 1. The van der Waals surface area contributed by atoms with Crippen molar-refractivity contribution < 1.29 is 19.0 Å². The maximum absolute atomic E-state index is 11.0. The third-order valence-electron chi connectivity index (χ3n) is 5.13. The topological polar surface area (TPSA) is 86.1 Å². The Morgan fingerprint density at radius 2 is 2.00 bits per heavy atom. The highest BCUT2D eigenvalue weighted by molar-refractivity contribution is 5.75. The molecule has 0 aliphatic carbocycles. The zero-order chi connectivity index (χ0) is 17.9. The van der Waals surface area contributed by atoms with Gasteiger partial charge in [0.1, 0.15) is 0 Å². The molecule has 0 radical (unpaired) electrons. The number of primary amides is 1. The lowest BCUT2D eigenvalue weighted by molar-refractivity contribution is -0.119. The van der Waals surface area contributed by atoms with Gasteiger partial charge in [0, 0.05) is 19.6 Å². The lowest BCUT2D eigenvalue weighted by Gasteiger charge is -2.23. The molecule has 7 heteroatoms. The van der Waals surface area contributed by atoms with Crippen LogP contribution in [-0.2, 0) is 11.3 Å². The van der Waals surface area contributed by atoms with Crippen LogP contribution in [-0.4, -0.2) is 57.8 Å². The molecule has 2 aliphatic heterocycles. The molecule has 2 fully saturated rings. The van der Waals surface area contributed by atoms with E-state index in [1.165, 1.54) is 12.8 Å². The summed E-state index contributed by atoms with van der Waals surface area (Å²) >= 11 is 0. The Kier molecular flexibility index (Phi) is 5.34. The second kappa shape index (κ2) is 7.49. The highest BCUT2D eigenvalue weighted by Gasteiger charge is 2.40. The van der Waals surface area contributed by atoms with Crippen molar-refractivity contribution in [2.45, 2.75) is 19.4 Å². The first kappa shape index (κ1) is 17.8. The molecule has 138 valence electrons. The molecular formula is C18H27N3O4. The number of amides is 1. The van der Waals surface area contributed by atoms with Crippen LogP contribution in [0.15, 0.2) is 12.1 Å². The molecule has 0 saturated carbocycles. The lowest BCUT2D eigenvalue weighted by atomic mass is 9.86. The van der Waals surface area contributed by atoms with E-state index in [0.717, 1.165) is 38.3 Å². The van der Waals surface area contributed by atoms with Crippen molar-refractivity contribution in [1.29, 1.82) is 0 Å². The molecule has 2 heterocycles. The number of ether oxygens (including phenoxy) is 3. The Balaban J connectivity index is 1.74. The van der Waals surface area contributed by atoms with E-state index in [-0.39, 0.29) is 6.61 Å². The number of hydrogen-bond donors (Lipinski definition) is 2. The fraction of sp³-hybridized carbons (Fsp3) is 0.611. The number of benzene rings is 1. The molecule has 1 unspecified atom stereocenters. The van der Waals surface area contributed by atoms with Crippen LogP contribution in [0, 0.1) is 5.41 Å². The molecule has 1 spiro atoms.